The number of halogens is 3. The van der Waals surface area contributed by atoms with Gasteiger partial charge in [0.05, 0.1) is 17.9 Å². The minimum absolute atomic E-state index is 0.000765. The Bertz CT molecular complexity index is 934. The molecule has 2 aromatic rings. The molecule has 1 aliphatic heterocycles. The molecule has 0 unspecified atom stereocenters. The summed E-state index contributed by atoms with van der Waals surface area (Å²) in [5.41, 5.74) is 6.30. The van der Waals surface area contributed by atoms with Gasteiger partial charge in [-0.2, -0.15) is 13.2 Å². The van der Waals surface area contributed by atoms with Gasteiger partial charge in [-0.1, -0.05) is 18.2 Å². The standard InChI is InChI=1S/C19H21F3N6/c1-11-10-24-12(2)25-17(11)27-16-9-13(7-8-23)26-18(28-16)14-5-3-4-6-15(14)19(20,21)22/h3-6,9H,7-8,10,23H2,1-2H3,(H,24,25)(H,26,27,28). The average Bonchev–Trinajstić information content (AvgIpc) is 2.64. The van der Waals surface area contributed by atoms with E-state index in [1.807, 2.05) is 13.8 Å². The van der Waals surface area contributed by atoms with E-state index in [1.165, 1.54) is 18.2 Å². The number of nitrogens with zero attached hydrogens (tertiary/aromatic N) is 3. The number of nitrogens with two attached hydrogens (primary N) is 1. The van der Waals surface area contributed by atoms with Crippen LogP contribution in [0.15, 0.2) is 46.7 Å². The van der Waals surface area contributed by atoms with Crippen molar-refractivity contribution in [3.63, 3.8) is 0 Å². The Morgan fingerprint density at radius 1 is 1.18 bits per heavy atom. The molecule has 0 amide bonds. The van der Waals surface area contributed by atoms with Crippen molar-refractivity contribution >= 4 is 11.7 Å². The Labute approximate surface area is 160 Å². The highest BCUT2D eigenvalue weighted by atomic mass is 19.4. The number of hydrogen-bond donors (Lipinski definition) is 3. The lowest BCUT2D eigenvalue weighted by molar-refractivity contribution is -0.137. The summed E-state index contributed by atoms with van der Waals surface area (Å²) in [5, 5.41) is 6.26. The topological polar surface area (TPSA) is 88.2 Å². The van der Waals surface area contributed by atoms with Gasteiger partial charge >= 0.3 is 6.18 Å². The van der Waals surface area contributed by atoms with Crippen molar-refractivity contribution in [3.05, 3.63) is 53.0 Å². The largest absolute Gasteiger partial charge is 0.417 e. The van der Waals surface area contributed by atoms with Crippen molar-refractivity contribution < 1.29 is 13.2 Å². The number of aliphatic imine (C=N–C) groups is 1. The zero-order chi connectivity index (χ0) is 20.3. The van der Waals surface area contributed by atoms with E-state index in [1.54, 1.807) is 6.07 Å². The van der Waals surface area contributed by atoms with E-state index < -0.39 is 11.7 Å². The van der Waals surface area contributed by atoms with Gasteiger partial charge in [-0.3, -0.25) is 4.99 Å². The molecule has 0 bridgehead atoms. The SMILES string of the molecule is CC1=NCC(C)=C(Nc2cc(CCN)nc(-c3ccccc3C(F)(F)F)n2)N1. The highest BCUT2D eigenvalue weighted by Crippen LogP contribution is 2.36. The summed E-state index contributed by atoms with van der Waals surface area (Å²) < 4.78 is 40.3. The maximum atomic E-state index is 13.4. The highest BCUT2D eigenvalue weighted by Gasteiger charge is 2.34. The Morgan fingerprint density at radius 2 is 1.93 bits per heavy atom. The van der Waals surface area contributed by atoms with Crippen LogP contribution in [0.3, 0.4) is 0 Å². The van der Waals surface area contributed by atoms with E-state index >= 15 is 0 Å². The van der Waals surface area contributed by atoms with Crippen molar-refractivity contribution in [1.82, 2.24) is 15.3 Å². The number of aromatic nitrogens is 2. The smallest absolute Gasteiger partial charge is 0.331 e. The monoisotopic (exact) mass is 390 g/mol. The van der Waals surface area contributed by atoms with E-state index in [4.69, 9.17) is 5.73 Å². The molecule has 3 rings (SSSR count). The molecule has 1 aromatic heterocycles. The summed E-state index contributed by atoms with van der Waals surface area (Å²) in [7, 11) is 0. The van der Waals surface area contributed by atoms with Crippen LogP contribution in [0.1, 0.15) is 25.1 Å². The highest BCUT2D eigenvalue weighted by molar-refractivity contribution is 5.83. The van der Waals surface area contributed by atoms with E-state index in [-0.39, 0.29) is 11.4 Å². The third kappa shape index (κ3) is 4.48. The van der Waals surface area contributed by atoms with Gasteiger partial charge in [0.15, 0.2) is 5.82 Å². The second-order valence-corrected chi connectivity index (χ2v) is 6.46. The number of alkyl halides is 3. The van der Waals surface area contributed by atoms with Crippen molar-refractivity contribution in [2.45, 2.75) is 26.4 Å². The van der Waals surface area contributed by atoms with E-state index in [0.29, 0.717) is 36.8 Å². The molecule has 0 fully saturated rings. The molecule has 0 radical (unpaired) electrons. The molecular weight excluding hydrogens is 369 g/mol. The normalized spacial score (nSPS) is 14.6. The Hall–Kier alpha value is -2.94. The zero-order valence-electron chi connectivity index (χ0n) is 15.6. The third-order valence-electron chi connectivity index (χ3n) is 4.19. The first-order chi connectivity index (χ1) is 13.3. The van der Waals surface area contributed by atoms with Crippen molar-refractivity contribution in [1.29, 1.82) is 0 Å². The molecule has 9 heteroatoms. The quantitative estimate of drug-likeness (QED) is 0.729. The number of rotatable bonds is 5. The van der Waals surface area contributed by atoms with Crippen LogP contribution >= 0.6 is 0 Å². The number of benzene rings is 1. The maximum absolute atomic E-state index is 13.4. The molecule has 6 nitrogen and oxygen atoms in total. The Morgan fingerprint density at radius 3 is 2.64 bits per heavy atom. The fourth-order valence-corrected chi connectivity index (χ4v) is 2.79. The van der Waals surface area contributed by atoms with Crippen LogP contribution in [-0.2, 0) is 12.6 Å². The second kappa shape index (κ2) is 7.97. The van der Waals surface area contributed by atoms with Gasteiger partial charge in [-0.15, -0.1) is 0 Å². The van der Waals surface area contributed by atoms with Crippen LogP contribution in [-0.4, -0.2) is 28.9 Å². The molecule has 0 atom stereocenters. The van der Waals surface area contributed by atoms with Gasteiger partial charge in [0.25, 0.3) is 0 Å². The van der Waals surface area contributed by atoms with Gasteiger partial charge in [-0.05, 0) is 32.0 Å². The molecule has 0 saturated carbocycles. The summed E-state index contributed by atoms with van der Waals surface area (Å²) in [6.07, 6.45) is -4.08. The van der Waals surface area contributed by atoms with Crippen LogP contribution in [0.2, 0.25) is 0 Å². The van der Waals surface area contributed by atoms with Crippen LogP contribution < -0.4 is 16.4 Å². The Balaban J connectivity index is 2.04. The molecule has 2 heterocycles. The number of nitrogens with one attached hydrogen (secondary N) is 2. The zero-order valence-corrected chi connectivity index (χ0v) is 15.6. The first-order valence-electron chi connectivity index (χ1n) is 8.77. The lowest BCUT2D eigenvalue weighted by Crippen LogP contribution is -2.30. The van der Waals surface area contributed by atoms with Crippen LogP contribution in [0.25, 0.3) is 11.4 Å². The van der Waals surface area contributed by atoms with Gasteiger partial charge in [0.1, 0.15) is 11.6 Å². The molecule has 0 spiro atoms. The first-order valence-corrected chi connectivity index (χ1v) is 8.77. The molecule has 0 aliphatic carbocycles. The minimum Gasteiger partial charge on any atom is -0.331 e. The predicted molar refractivity (Wildman–Crippen MR) is 103 cm³/mol. The average molecular weight is 390 g/mol. The summed E-state index contributed by atoms with van der Waals surface area (Å²) >= 11 is 0. The molecule has 148 valence electrons. The van der Waals surface area contributed by atoms with Crippen molar-refractivity contribution in [2.75, 3.05) is 18.4 Å². The van der Waals surface area contributed by atoms with E-state index in [2.05, 4.69) is 25.6 Å². The molecule has 1 aromatic carbocycles. The molecule has 28 heavy (non-hydrogen) atoms. The fourth-order valence-electron chi connectivity index (χ4n) is 2.79. The fraction of sp³-hybridized carbons (Fsp3) is 0.316. The third-order valence-corrected chi connectivity index (χ3v) is 4.19. The van der Waals surface area contributed by atoms with Crippen molar-refractivity contribution in [3.8, 4) is 11.4 Å². The maximum Gasteiger partial charge on any atom is 0.417 e. The molecule has 0 saturated heterocycles. The number of hydrogen-bond acceptors (Lipinski definition) is 6. The van der Waals surface area contributed by atoms with Gasteiger partial charge in [-0.25, -0.2) is 9.97 Å². The van der Waals surface area contributed by atoms with Gasteiger partial charge in [0.2, 0.25) is 0 Å². The lowest BCUT2D eigenvalue weighted by Gasteiger charge is -2.20. The van der Waals surface area contributed by atoms with E-state index in [0.717, 1.165) is 17.5 Å². The van der Waals surface area contributed by atoms with Crippen LogP contribution in [0.4, 0.5) is 19.0 Å². The van der Waals surface area contributed by atoms with Crippen molar-refractivity contribution in [2.24, 2.45) is 10.7 Å². The summed E-state index contributed by atoms with van der Waals surface area (Å²) in [6.45, 7) is 4.60. The number of anilines is 1. The summed E-state index contributed by atoms with van der Waals surface area (Å²) in [4.78, 5) is 12.9. The predicted octanol–water partition coefficient (Wildman–Crippen LogP) is 3.33. The first kappa shape index (κ1) is 19.8. The second-order valence-electron chi connectivity index (χ2n) is 6.46. The molecular formula is C19H21F3N6. The van der Waals surface area contributed by atoms with E-state index in [9.17, 15) is 13.2 Å². The van der Waals surface area contributed by atoms with Gasteiger partial charge < -0.3 is 16.4 Å². The van der Waals surface area contributed by atoms with Gasteiger partial charge in [0, 0.05) is 23.7 Å². The number of amidine groups is 1. The van der Waals surface area contributed by atoms with Crippen LogP contribution in [0.5, 0.6) is 0 Å². The minimum atomic E-state index is -4.50. The summed E-state index contributed by atoms with van der Waals surface area (Å²) in [6, 6.07) is 6.96. The lowest BCUT2D eigenvalue weighted by atomic mass is 10.1. The summed E-state index contributed by atoms with van der Waals surface area (Å²) in [5.74, 6) is 1.84. The Kier molecular flexibility index (Phi) is 5.64. The molecule has 4 N–H and O–H groups in total. The van der Waals surface area contributed by atoms with Crippen LogP contribution in [0, 0.1) is 0 Å². The molecule has 1 aliphatic rings.